The smallest absolute Gasteiger partial charge is 0.115 e. The molecule has 0 aliphatic heterocycles. The van der Waals surface area contributed by atoms with E-state index in [0.717, 1.165) is 29.0 Å². The van der Waals surface area contributed by atoms with Crippen LogP contribution in [-0.4, -0.2) is 5.11 Å². The van der Waals surface area contributed by atoms with Gasteiger partial charge in [0.15, 0.2) is 0 Å². The fourth-order valence-corrected chi connectivity index (χ4v) is 2.87. The van der Waals surface area contributed by atoms with Crippen LogP contribution in [0.2, 0.25) is 5.02 Å². The SMILES string of the molecule is Oc1ccc(-c2ccc3c(c2Cl)CCC3)cc1. The van der Waals surface area contributed by atoms with E-state index in [1.807, 2.05) is 12.1 Å². The van der Waals surface area contributed by atoms with Gasteiger partial charge in [0, 0.05) is 5.56 Å². The van der Waals surface area contributed by atoms with Crippen molar-refractivity contribution in [2.24, 2.45) is 0 Å². The van der Waals surface area contributed by atoms with Crippen molar-refractivity contribution >= 4 is 11.6 Å². The van der Waals surface area contributed by atoms with Gasteiger partial charge in [0.05, 0.1) is 5.02 Å². The molecule has 1 aliphatic rings. The van der Waals surface area contributed by atoms with E-state index in [9.17, 15) is 5.11 Å². The average Bonchev–Trinajstić information content (AvgIpc) is 2.80. The second-order valence-corrected chi connectivity index (χ2v) is 4.84. The van der Waals surface area contributed by atoms with Crippen LogP contribution in [0.3, 0.4) is 0 Å². The Kier molecular flexibility index (Phi) is 2.56. The molecule has 2 aromatic rings. The van der Waals surface area contributed by atoms with Crippen molar-refractivity contribution in [1.29, 1.82) is 0 Å². The van der Waals surface area contributed by atoms with Gasteiger partial charge in [0.2, 0.25) is 0 Å². The fraction of sp³-hybridized carbons (Fsp3) is 0.200. The molecular formula is C15H13ClO. The largest absolute Gasteiger partial charge is 0.508 e. The molecule has 0 atom stereocenters. The first-order valence-electron chi connectivity index (χ1n) is 5.85. The second kappa shape index (κ2) is 4.08. The van der Waals surface area contributed by atoms with Gasteiger partial charge in [-0.25, -0.2) is 0 Å². The Morgan fingerprint density at radius 1 is 0.941 bits per heavy atom. The number of aromatic hydroxyl groups is 1. The highest BCUT2D eigenvalue weighted by atomic mass is 35.5. The monoisotopic (exact) mass is 244 g/mol. The van der Waals surface area contributed by atoms with Crippen molar-refractivity contribution in [2.45, 2.75) is 19.3 Å². The summed E-state index contributed by atoms with van der Waals surface area (Å²) in [4.78, 5) is 0. The molecule has 0 unspecified atom stereocenters. The lowest BCUT2D eigenvalue weighted by Gasteiger charge is -2.09. The molecule has 2 heteroatoms. The van der Waals surface area contributed by atoms with Gasteiger partial charge in [0.25, 0.3) is 0 Å². The zero-order valence-electron chi connectivity index (χ0n) is 9.41. The molecular weight excluding hydrogens is 232 g/mol. The molecule has 2 aromatic carbocycles. The van der Waals surface area contributed by atoms with Gasteiger partial charge in [-0.3, -0.25) is 0 Å². The summed E-state index contributed by atoms with van der Waals surface area (Å²) in [5.74, 6) is 0.283. The van der Waals surface area contributed by atoms with Gasteiger partial charge >= 0.3 is 0 Å². The number of phenols is 1. The molecule has 0 amide bonds. The maximum absolute atomic E-state index is 9.29. The number of halogens is 1. The number of benzene rings is 2. The van der Waals surface area contributed by atoms with Crippen molar-refractivity contribution in [1.82, 2.24) is 0 Å². The molecule has 3 rings (SSSR count). The van der Waals surface area contributed by atoms with Gasteiger partial charge in [-0.2, -0.15) is 0 Å². The van der Waals surface area contributed by atoms with Crippen LogP contribution >= 0.6 is 11.6 Å². The third-order valence-electron chi connectivity index (χ3n) is 3.39. The third-order valence-corrected chi connectivity index (χ3v) is 3.82. The lowest BCUT2D eigenvalue weighted by atomic mass is 10.0. The first-order valence-corrected chi connectivity index (χ1v) is 6.23. The van der Waals surface area contributed by atoms with Gasteiger partial charge in [-0.05, 0) is 48.1 Å². The molecule has 86 valence electrons. The molecule has 0 radical (unpaired) electrons. The minimum Gasteiger partial charge on any atom is -0.508 e. The molecule has 0 spiro atoms. The minimum atomic E-state index is 0.283. The highest BCUT2D eigenvalue weighted by molar-refractivity contribution is 6.34. The molecule has 0 saturated carbocycles. The van der Waals surface area contributed by atoms with Crippen LogP contribution in [0.15, 0.2) is 36.4 Å². The van der Waals surface area contributed by atoms with Crippen molar-refractivity contribution in [3.63, 3.8) is 0 Å². The number of hydrogen-bond donors (Lipinski definition) is 1. The number of fused-ring (bicyclic) bond motifs is 1. The summed E-state index contributed by atoms with van der Waals surface area (Å²) in [6.45, 7) is 0. The van der Waals surface area contributed by atoms with Crippen LogP contribution in [-0.2, 0) is 12.8 Å². The minimum absolute atomic E-state index is 0.283. The summed E-state index contributed by atoms with van der Waals surface area (Å²) in [5.41, 5.74) is 4.81. The zero-order chi connectivity index (χ0) is 11.8. The zero-order valence-corrected chi connectivity index (χ0v) is 10.2. The van der Waals surface area contributed by atoms with Crippen LogP contribution < -0.4 is 0 Å². The van der Waals surface area contributed by atoms with Crippen molar-refractivity contribution in [3.8, 4) is 16.9 Å². The highest BCUT2D eigenvalue weighted by Crippen LogP contribution is 2.37. The van der Waals surface area contributed by atoms with Crippen LogP contribution in [0.4, 0.5) is 0 Å². The predicted molar refractivity (Wildman–Crippen MR) is 70.6 cm³/mol. The standard InChI is InChI=1S/C15H13ClO/c16-15-13-3-1-2-10(13)6-9-14(15)11-4-7-12(17)8-5-11/h4-9,17H,1-3H2. The Labute approximate surface area is 106 Å². The molecule has 0 heterocycles. The summed E-state index contributed by atoms with van der Waals surface area (Å²) < 4.78 is 0. The molecule has 0 fully saturated rings. The van der Waals surface area contributed by atoms with Gasteiger partial charge in [-0.15, -0.1) is 0 Å². The molecule has 0 aromatic heterocycles. The molecule has 1 N–H and O–H groups in total. The van der Waals surface area contributed by atoms with Gasteiger partial charge < -0.3 is 5.11 Å². The number of hydrogen-bond acceptors (Lipinski definition) is 1. The molecule has 17 heavy (non-hydrogen) atoms. The van der Waals surface area contributed by atoms with E-state index >= 15 is 0 Å². The maximum Gasteiger partial charge on any atom is 0.115 e. The van der Waals surface area contributed by atoms with E-state index in [-0.39, 0.29) is 5.75 Å². The molecule has 1 nitrogen and oxygen atoms in total. The first kappa shape index (κ1) is 10.7. The van der Waals surface area contributed by atoms with Crippen LogP contribution in [0, 0.1) is 0 Å². The van der Waals surface area contributed by atoms with Gasteiger partial charge in [-0.1, -0.05) is 35.9 Å². The first-order chi connectivity index (χ1) is 8.25. The number of phenolic OH excluding ortho intramolecular Hbond substituents is 1. The van der Waals surface area contributed by atoms with Crippen molar-refractivity contribution in [2.75, 3.05) is 0 Å². The highest BCUT2D eigenvalue weighted by Gasteiger charge is 2.17. The van der Waals surface area contributed by atoms with E-state index in [4.69, 9.17) is 11.6 Å². The van der Waals surface area contributed by atoms with Crippen molar-refractivity contribution < 1.29 is 5.11 Å². The van der Waals surface area contributed by atoms with Crippen molar-refractivity contribution in [3.05, 3.63) is 52.5 Å². The van der Waals surface area contributed by atoms with Crippen LogP contribution in [0.5, 0.6) is 5.75 Å². The lowest BCUT2D eigenvalue weighted by molar-refractivity contribution is 0.475. The lowest BCUT2D eigenvalue weighted by Crippen LogP contribution is -1.88. The predicted octanol–water partition coefficient (Wildman–Crippen LogP) is 4.20. The summed E-state index contributed by atoms with van der Waals surface area (Å²) in [6, 6.07) is 11.4. The van der Waals surface area contributed by atoms with E-state index in [0.29, 0.717) is 0 Å². The van der Waals surface area contributed by atoms with E-state index in [1.165, 1.54) is 17.5 Å². The Hall–Kier alpha value is -1.47. The van der Waals surface area contributed by atoms with Gasteiger partial charge in [0.1, 0.15) is 5.75 Å². The van der Waals surface area contributed by atoms with E-state index in [1.54, 1.807) is 12.1 Å². The Bertz CT molecular complexity index is 558. The van der Waals surface area contributed by atoms with E-state index in [2.05, 4.69) is 12.1 Å². The quantitative estimate of drug-likeness (QED) is 0.797. The normalized spacial score (nSPS) is 13.7. The van der Waals surface area contributed by atoms with E-state index < -0.39 is 0 Å². The molecule has 1 aliphatic carbocycles. The maximum atomic E-state index is 9.29. The second-order valence-electron chi connectivity index (χ2n) is 4.47. The molecule has 0 saturated heterocycles. The fourth-order valence-electron chi connectivity index (χ4n) is 2.49. The Balaban J connectivity index is 2.12. The topological polar surface area (TPSA) is 20.2 Å². The summed E-state index contributed by atoms with van der Waals surface area (Å²) in [6.07, 6.45) is 3.43. The summed E-state index contributed by atoms with van der Waals surface area (Å²) in [5, 5.41) is 10.2. The number of rotatable bonds is 1. The Morgan fingerprint density at radius 2 is 1.71 bits per heavy atom. The average molecular weight is 245 g/mol. The van der Waals surface area contributed by atoms with Crippen LogP contribution in [0.1, 0.15) is 17.5 Å². The Morgan fingerprint density at radius 3 is 2.47 bits per heavy atom. The summed E-state index contributed by atoms with van der Waals surface area (Å²) >= 11 is 6.47. The summed E-state index contributed by atoms with van der Waals surface area (Å²) in [7, 11) is 0. The number of aryl methyl sites for hydroxylation is 1. The molecule has 0 bridgehead atoms. The third kappa shape index (κ3) is 1.81. The van der Waals surface area contributed by atoms with Crippen LogP contribution in [0.25, 0.3) is 11.1 Å².